The Morgan fingerprint density at radius 2 is 1.69 bits per heavy atom. The number of ether oxygens (including phenoxy) is 1. The first-order chi connectivity index (χ1) is 16.8. The van der Waals surface area contributed by atoms with Crippen LogP contribution in [-0.4, -0.2) is 35.9 Å². The van der Waals surface area contributed by atoms with E-state index in [0.717, 1.165) is 22.3 Å². The molecule has 0 bridgehead atoms. The summed E-state index contributed by atoms with van der Waals surface area (Å²) in [4.78, 5) is 28.1. The van der Waals surface area contributed by atoms with Crippen LogP contribution in [0.2, 0.25) is 0 Å². The highest BCUT2D eigenvalue weighted by Gasteiger charge is 2.31. The molecule has 1 atom stereocenters. The first-order valence-corrected chi connectivity index (χ1v) is 11.8. The minimum Gasteiger partial charge on any atom is -0.483 e. The Morgan fingerprint density at radius 3 is 2.37 bits per heavy atom. The van der Waals surface area contributed by atoms with E-state index in [1.807, 2.05) is 64.1 Å². The molecule has 3 rings (SSSR count). The number of nitrogens with zero attached hydrogens (tertiary/aromatic N) is 1. The van der Waals surface area contributed by atoms with Gasteiger partial charge in [0.25, 0.3) is 5.91 Å². The van der Waals surface area contributed by atoms with Crippen molar-refractivity contribution in [1.82, 2.24) is 10.2 Å². The quantitative estimate of drug-likeness (QED) is 0.453. The zero-order chi connectivity index (χ0) is 25.4. The number of benzene rings is 3. The standard InChI is InChI=1S/C29H33FN2O3/c1-5-31-29(34)26(17-23-11-7-6-8-12-23)32(18-24-13-9-10-14-25(24)30)28(33)19-35-27-16-20(2)15-21(3)22(27)4/h6-16,26H,5,17-19H2,1-4H3,(H,31,34)/t26-/m0/s1. The van der Waals surface area contributed by atoms with Crippen LogP contribution in [0, 0.1) is 26.6 Å². The molecule has 0 saturated carbocycles. The van der Waals surface area contributed by atoms with E-state index in [2.05, 4.69) is 11.4 Å². The van der Waals surface area contributed by atoms with E-state index in [9.17, 15) is 14.0 Å². The number of halogens is 1. The molecular formula is C29H33FN2O3. The van der Waals surface area contributed by atoms with Crippen LogP contribution in [0.25, 0.3) is 0 Å². The van der Waals surface area contributed by atoms with Crippen molar-refractivity contribution < 1.29 is 18.7 Å². The van der Waals surface area contributed by atoms with Gasteiger partial charge in [0.05, 0.1) is 0 Å². The normalized spacial score (nSPS) is 11.6. The Kier molecular flexibility index (Phi) is 9.01. The van der Waals surface area contributed by atoms with E-state index >= 15 is 0 Å². The Labute approximate surface area is 206 Å². The molecule has 5 nitrogen and oxygen atoms in total. The maximum absolute atomic E-state index is 14.6. The van der Waals surface area contributed by atoms with Crippen LogP contribution in [0.3, 0.4) is 0 Å². The van der Waals surface area contributed by atoms with E-state index < -0.39 is 11.9 Å². The highest BCUT2D eigenvalue weighted by Crippen LogP contribution is 2.24. The summed E-state index contributed by atoms with van der Waals surface area (Å²) in [7, 11) is 0. The predicted molar refractivity (Wildman–Crippen MR) is 136 cm³/mol. The van der Waals surface area contributed by atoms with E-state index in [1.165, 1.54) is 11.0 Å². The van der Waals surface area contributed by atoms with E-state index in [-0.39, 0.29) is 25.0 Å². The minimum absolute atomic E-state index is 0.0463. The van der Waals surface area contributed by atoms with Crippen LogP contribution in [0.15, 0.2) is 66.7 Å². The van der Waals surface area contributed by atoms with Crippen molar-refractivity contribution >= 4 is 11.8 Å². The average Bonchev–Trinajstić information content (AvgIpc) is 2.84. The van der Waals surface area contributed by atoms with Crippen molar-refractivity contribution in [1.29, 1.82) is 0 Å². The summed E-state index contributed by atoms with van der Waals surface area (Å²) in [5.74, 6) is -0.479. The molecule has 0 aliphatic carbocycles. The van der Waals surface area contributed by atoms with Gasteiger partial charge in [-0.05, 0) is 62.1 Å². The molecule has 3 aromatic carbocycles. The van der Waals surface area contributed by atoms with Crippen LogP contribution in [0.1, 0.15) is 34.7 Å². The molecule has 3 aromatic rings. The van der Waals surface area contributed by atoms with Gasteiger partial charge in [-0.25, -0.2) is 4.39 Å². The number of hydrogen-bond acceptors (Lipinski definition) is 3. The number of rotatable bonds is 10. The van der Waals surface area contributed by atoms with Gasteiger partial charge in [0, 0.05) is 25.1 Å². The van der Waals surface area contributed by atoms with Gasteiger partial charge in [0.1, 0.15) is 17.6 Å². The summed E-state index contributed by atoms with van der Waals surface area (Å²) in [5, 5.41) is 2.83. The first-order valence-electron chi connectivity index (χ1n) is 11.8. The fourth-order valence-electron chi connectivity index (χ4n) is 4.03. The van der Waals surface area contributed by atoms with Crippen molar-refractivity contribution in [2.75, 3.05) is 13.2 Å². The molecule has 0 saturated heterocycles. The number of carbonyl (C=O) groups is 2. The van der Waals surface area contributed by atoms with E-state index in [0.29, 0.717) is 24.3 Å². The van der Waals surface area contributed by atoms with Gasteiger partial charge >= 0.3 is 0 Å². The second kappa shape index (κ2) is 12.2. The average molecular weight is 477 g/mol. The number of hydrogen-bond donors (Lipinski definition) is 1. The topological polar surface area (TPSA) is 58.6 Å². The summed E-state index contributed by atoms with van der Waals surface area (Å²) < 4.78 is 20.5. The molecule has 0 spiro atoms. The zero-order valence-corrected chi connectivity index (χ0v) is 20.8. The summed E-state index contributed by atoms with van der Waals surface area (Å²) in [6.07, 6.45) is 0.301. The van der Waals surface area contributed by atoms with Crippen molar-refractivity contribution in [3.63, 3.8) is 0 Å². The Bertz CT molecular complexity index is 1160. The van der Waals surface area contributed by atoms with Crippen molar-refractivity contribution in [2.45, 2.75) is 46.7 Å². The van der Waals surface area contributed by atoms with Crippen LogP contribution in [-0.2, 0) is 22.6 Å². The zero-order valence-electron chi connectivity index (χ0n) is 20.8. The lowest BCUT2D eigenvalue weighted by molar-refractivity contribution is -0.142. The molecular weight excluding hydrogens is 443 g/mol. The lowest BCUT2D eigenvalue weighted by Gasteiger charge is -2.31. The highest BCUT2D eigenvalue weighted by atomic mass is 19.1. The van der Waals surface area contributed by atoms with Crippen molar-refractivity contribution in [2.24, 2.45) is 0 Å². The van der Waals surface area contributed by atoms with Crippen LogP contribution < -0.4 is 10.1 Å². The molecule has 6 heteroatoms. The molecule has 0 aromatic heterocycles. The number of aryl methyl sites for hydroxylation is 2. The SMILES string of the molecule is CCNC(=O)[C@H](Cc1ccccc1)N(Cc1ccccc1F)C(=O)COc1cc(C)cc(C)c1C. The molecule has 184 valence electrons. The highest BCUT2D eigenvalue weighted by molar-refractivity contribution is 5.88. The molecule has 35 heavy (non-hydrogen) atoms. The van der Waals surface area contributed by atoms with Gasteiger partial charge in [0.2, 0.25) is 5.91 Å². The molecule has 1 N–H and O–H groups in total. The maximum Gasteiger partial charge on any atom is 0.261 e. The van der Waals surface area contributed by atoms with Gasteiger partial charge < -0.3 is 15.0 Å². The maximum atomic E-state index is 14.6. The number of likely N-dealkylation sites (N-methyl/N-ethyl adjacent to an activating group) is 1. The monoisotopic (exact) mass is 476 g/mol. The van der Waals surface area contributed by atoms with Crippen LogP contribution >= 0.6 is 0 Å². The Morgan fingerprint density at radius 1 is 1.00 bits per heavy atom. The lowest BCUT2D eigenvalue weighted by Crippen LogP contribution is -2.51. The largest absolute Gasteiger partial charge is 0.483 e. The third-order valence-electron chi connectivity index (χ3n) is 6.04. The predicted octanol–water partition coefficient (Wildman–Crippen LogP) is 4.91. The molecule has 0 aliphatic heterocycles. The van der Waals surface area contributed by atoms with Gasteiger partial charge in [0.15, 0.2) is 6.61 Å². The van der Waals surface area contributed by atoms with Crippen molar-refractivity contribution in [3.8, 4) is 5.75 Å². The molecule has 2 amide bonds. The summed E-state index contributed by atoms with van der Waals surface area (Å²) in [5.41, 5.74) is 4.29. The first kappa shape index (κ1) is 25.9. The molecule has 0 heterocycles. The lowest BCUT2D eigenvalue weighted by atomic mass is 10.0. The fraction of sp³-hybridized carbons (Fsp3) is 0.310. The van der Waals surface area contributed by atoms with Gasteiger partial charge in [-0.3, -0.25) is 9.59 Å². The van der Waals surface area contributed by atoms with Gasteiger partial charge in [-0.15, -0.1) is 0 Å². The Hall–Kier alpha value is -3.67. The number of nitrogens with one attached hydrogen (secondary N) is 1. The van der Waals surface area contributed by atoms with Crippen LogP contribution in [0.5, 0.6) is 5.75 Å². The van der Waals surface area contributed by atoms with E-state index in [4.69, 9.17) is 4.74 Å². The molecule has 0 aliphatic rings. The molecule has 0 fully saturated rings. The smallest absolute Gasteiger partial charge is 0.261 e. The number of amides is 2. The second-order valence-electron chi connectivity index (χ2n) is 8.71. The fourth-order valence-corrected chi connectivity index (χ4v) is 4.03. The summed E-state index contributed by atoms with van der Waals surface area (Å²) in [6, 6.07) is 18.9. The Balaban J connectivity index is 1.93. The van der Waals surface area contributed by atoms with E-state index in [1.54, 1.807) is 18.2 Å². The summed E-state index contributed by atoms with van der Waals surface area (Å²) >= 11 is 0. The molecule has 0 radical (unpaired) electrons. The number of carbonyl (C=O) groups excluding carboxylic acids is 2. The van der Waals surface area contributed by atoms with Crippen molar-refractivity contribution in [3.05, 3.63) is 100 Å². The molecule has 0 unspecified atom stereocenters. The third kappa shape index (κ3) is 6.92. The van der Waals surface area contributed by atoms with Gasteiger partial charge in [-0.2, -0.15) is 0 Å². The minimum atomic E-state index is -0.826. The van der Waals surface area contributed by atoms with Gasteiger partial charge in [-0.1, -0.05) is 54.6 Å². The third-order valence-corrected chi connectivity index (χ3v) is 6.04. The second-order valence-corrected chi connectivity index (χ2v) is 8.71. The summed E-state index contributed by atoms with van der Waals surface area (Å²) in [6.45, 7) is 7.84. The van der Waals surface area contributed by atoms with Crippen LogP contribution in [0.4, 0.5) is 4.39 Å².